The first kappa shape index (κ1) is 17.9. The van der Waals surface area contributed by atoms with Gasteiger partial charge < -0.3 is 13.9 Å². The van der Waals surface area contributed by atoms with Crippen molar-refractivity contribution in [1.82, 2.24) is 14.5 Å². The Morgan fingerprint density at radius 1 is 1.31 bits per heavy atom. The summed E-state index contributed by atoms with van der Waals surface area (Å²) in [6, 6.07) is 9.84. The molecule has 0 aliphatic rings. The van der Waals surface area contributed by atoms with Crippen LogP contribution in [0.3, 0.4) is 0 Å². The molecule has 0 spiro atoms. The molecule has 0 N–H and O–H groups in total. The maximum Gasteiger partial charge on any atom is 0.289 e. The molecule has 0 bridgehead atoms. The molecule has 3 aromatic rings. The lowest BCUT2D eigenvalue weighted by atomic mass is 10.2. The maximum absolute atomic E-state index is 13.4. The minimum atomic E-state index is -0.265. The average molecular weight is 355 g/mol. The number of rotatable bonds is 7. The van der Waals surface area contributed by atoms with Crippen LogP contribution in [0.2, 0.25) is 0 Å². The third kappa shape index (κ3) is 4.39. The summed E-state index contributed by atoms with van der Waals surface area (Å²) in [5, 5.41) is 0. The molecule has 0 radical (unpaired) electrons. The Morgan fingerprint density at radius 2 is 2.15 bits per heavy atom. The molecule has 0 saturated heterocycles. The Balaban J connectivity index is 1.79. The zero-order chi connectivity index (χ0) is 18.5. The van der Waals surface area contributed by atoms with E-state index < -0.39 is 0 Å². The molecule has 0 atom stereocenters. The third-order valence-corrected chi connectivity index (χ3v) is 3.98. The fourth-order valence-corrected chi connectivity index (χ4v) is 2.85. The monoisotopic (exact) mass is 355 g/mol. The van der Waals surface area contributed by atoms with Gasteiger partial charge >= 0.3 is 0 Å². The SMILES string of the molecule is CC(C)CN(Cc1nccn1Cc1cccc(F)c1)C(=O)c1ccco1. The second-order valence-corrected chi connectivity index (χ2v) is 6.66. The van der Waals surface area contributed by atoms with Gasteiger partial charge in [0.15, 0.2) is 5.76 Å². The molecular weight excluding hydrogens is 333 g/mol. The summed E-state index contributed by atoms with van der Waals surface area (Å²) >= 11 is 0. The van der Waals surface area contributed by atoms with Crippen LogP contribution in [0.4, 0.5) is 4.39 Å². The summed E-state index contributed by atoms with van der Waals surface area (Å²) < 4.78 is 20.6. The summed E-state index contributed by atoms with van der Waals surface area (Å²) in [7, 11) is 0. The molecule has 1 aromatic carbocycles. The van der Waals surface area contributed by atoms with Crippen LogP contribution in [0, 0.1) is 11.7 Å². The Morgan fingerprint density at radius 3 is 2.85 bits per heavy atom. The van der Waals surface area contributed by atoms with Gasteiger partial charge in [-0.05, 0) is 35.7 Å². The van der Waals surface area contributed by atoms with Crippen molar-refractivity contribution in [2.24, 2.45) is 5.92 Å². The van der Waals surface area contributed by atoms with Crippen LogP contribution < -0.4 is 0 Å². The van der Waals surface area contributed by atoms with Crippen molar-refractivity contribution < 1.29 is 13.6 Å². The van der Waals surface area contributed by atoms with Crippen molar-refractivity contribution in [3.05, 3.63) is 78.0 Å². The first-order valence-corrected chi connectivity index (χ1v) is 8.60. The maximum atomic E-state index is 13.4. The number of amides is 1. The van der Waals surface area contributed by atoms with Gasteiger partial charge in [-0.15, -0.1) is 0 Å². The highest BCUT2D eigenvalue weighted by Crippen LogP contribution is 2.14. The molecule has 136 valence electrons. The van der Waals surface area contributed by atoms with Gasteiger partial charge in [0.1, 0.15) is 11.6 Å². The van der Waals surface area contributed by atoms with Gasteiger partial charge in [-0.2, -0.15) is 0 Å². The van der Waals surface area contributed by atoms with Gasteiger partial charge in [-0.1, -0.05) is 26.0 Å². The van der Waals surface area contributed by atoms with Crippen LogP contribution in [0.5, 0.6) is 0 Å². The van der Waals surface area contributed by atoms with Gasteiger partial charge in [0.05, 0.1) is 12.8 Å². The summed E-state index contributed by atoms with van der Waals surface area (Å²) in [6.45, 7) is 5.56. The first-order chi connectivity index (χ1) is 12.5. The molecule has 0 saturated carbocycles. The predicted octanol–water partition coefficient (Wildman–Crippen LogP) is 3.96. The van der Waals surface area contributed by atoms with Crippen LogP contribution in [0.15, 0.2) is 59.5 Å². The molecule has 1 amide bonds. The van der Waals surface area contributed by atoms with Gasteiger partial charge in [0.2, 0.25) is 0 Å². The van der Waals surface area contributed by atoms with Crippen molar-refractivity contribution >= 4 is 5.91 Å². The number of carbonyl (C=O) groups excluding carboxylic acids is 1. The molecule has 0 aliphatic heterocycles. The smallest absolute Gasteiger partial charge is 0.289 e. The summed E-state index contributed by atoms with van der Waals surface area (Å²) in [5.74, 6) is 0.937. The van der Waals surface area contributed by atoms with Crippen molar-refractivity contribution in [3.8, 4) is 0 Å². The van der Waals surface area contributed by atoms with Crippen LogP contribution in [-0.4, -0.2) is 26.9 Å². The lowest BCUT2D eigenvalue weighted by Crippen LogP contribution is -2.34. The predicted molar refractivity (Wildman–Crippen MR) is 96.0 cm³/mol. The highest BCUT2D eigenvalue weighted by Gasteiger charge is 2.21. The van der Waals surface area contributed by atoms with E-state index in [0.717, 1.165) is 11.4 Å². The highest BCUT2D eigenvalue weighted by molar-refractivity contribution is 5.91. The highest BCUT2D eigenvalue weighted by atomic mass is 19.1. The number of hydrogen-bond donors (Lipinski definition) is 0. The van der Waals surface area contributed by atoms with E-state index in [1.807, 2.05) is 16.8 Å². The van der Waals surface area contributed by atoms with E-state index in [-0.39, 0.29) is 11.7 Å². The van der Waals surface area contributed by atoms with Gasteiger partial charge in [-0.25, -0.2) is 9.37 Å². The quantitative estimate of drug-likeness (QED) is 0.644. The summed E-state index contributed by atoms with van der Waals surface area (Å²) in [4.78, 5) is 18.8. The third-order valence-electron chi connectivity index (χ3n) is 3.98. The van der Waals surface area contributed by atoms with E-state index in [9.17, 15) is 9.18 Å². The lowest BCUT2D eigenvalue weighted by Gasteiger charge is -2.23. The number of aromatic nitrogens is 2. The largest absolute Gasteiger partial charge is 0.459 e. The molecular formula is C20H22FN3O2. The minimum Gasteiger partial charge on any atom is -0.459 e. The van der Waals surface area contributed by atoms with Gasteiger partial charge in [0.25, 0.3) is 5.91 Å². The number of furan rings is 1. The standard InChI is InChI=1S/C20H22FN3O2/c1-15(2)12-24(20(25)18-7-4-10-26-18)14-19-22-8-9-23(19)13-16-5-3-6-17(21)11-16/h3-11,15H,12-14H2,1-2H3. The summed E-state index contributed by atoms with van der Waals surface area (Å²) in [6.07, 6.45) is 5.02. The molecule has 5 nitrogen and oxygen atoms in total. The number of imidazole rings is 1. The molecule has 6 heteroatoms. The Bertz CT molecular complexity index is 856. The van der Waals surface area contributed by atoms with Crippen molar-refractivity contribution in [3.63, 3.8) is 0 Å². The zero-order valence-electron chi connectivity index (χ0n) is 14.9. The molecule has 2 heterocycles. The molecule has 2 aromatic heterocycles. The fourth-order valence-electron chi connectivity index (χ4n) is 2.85. The topological polar surface area (TPSA) is 51.3 Å². The molecule has 0 unspecified atom stereocenters. The van der Waals surface area contributed by atoms with Crippen LogP contribution in [-0.2, 0) is 13.1 Å². The van der Waals surface area contributed by atoms with Gasteiger partial charge in [-0.3, -0.25) is 4.79 Å². The fraction of sp³-hybridized carbons (Fsp3) is 0.300. The number of halogens is 1. The Hall–Kier alpha value is -2.89. The lowest BCUT2D eigenvalue weighted by molar-refractivity contribution is 0.0684. The van der Waals surface area contributed by atoms with E-state index in [1.54, 1.807) is 29.3 Å². The molecule has 26 heavy (non-hydrogen) atoms. The van der Waals surface area contributed by atoms with Crippen molar-refractivity contribution in [1.29, 1.82) is 0 Å². The summed E-state index contributed by atoms with van der Waals surface area (Å²) in [5.41, 5.74) is 0.844. The van der Waals surface area contributed by atoms with E-state index in [2.05, 4.69) is 18.8 Å². The zero-order valence-corrected chi connectivity index (χ0v) is 14.9. The number of benzene rings is 1. The van der Waals surface area contributed by atoms with Crippen LogP contribution >= 0.6 is 0 Å². The van der Waals surface area contributed by atoms with Crippen LogP contribution in [0.1, 0.15) is 35.8 Å². The average Bonchev–Trinajstić information content (AvgIpc) is 3.26. The number of nitrogens with zero attached hydrogens (tertiary/aromatic N) is 3. The van der Waals surface area contributed by atoms with Crippen LogP contribution in [0.25, 0.3) is 0 Å². The van der Waals surface area contributed by atoms with E-state index in [0.29, 0.717) is 31.3 Å². The van der Waals surface area contributed by atoms with E-state index >= 15 is 0 Å². The van der Waals surface area contributed by atoms with Crippen molar-refractivity contribution in [2.45, 2.75) is 26.9 Å². The molecule has 0 fully saturated rings. The Labute approximate surface area is 152 Å². The second kappa shape index (κ2) is 7.99. The van der Waals surface area contributed by atoms with Gasteiger partial charge in [0, 0.05) is 25.5 Å². The Kier molecular flexibility index (Phi) is 5.51. The number of hydrogen-bond acceptors (Lipinski definition) is 3. The normalized spacial score (nSPS) is 11.1. The second-order valence-electron chi connectivity index (χ2n) is 6.66. The number of carbonyl (C=O) groups is 1. The minimum absolute atomic E-state index is 0.163. The van der Waals surface area contributed by atoms with Crippen molar-refractivity contribution in [2.75, 3.05) is 6.54 Å². The molecule has 0 aliphatic carbocycles. The molecule has 3 rings (SSSR count). The van der Waals surface area contributed by atoms with E-state index in [4.69, 9.17) is 4.42 Å². The first-order valence-electron chi connectivity index (χ1n) is 8.60. The van der Waals surface area contributed by atoms with E-state index in [1.165, 1.54) is 18.4 Å².